The Balaban J connectivity index is 1.86. The molecule has 2 aromatic carbocycles. The Labute approximate surface area is 166 Å². The van der Waals surface area contributed by atoms with Gasteiger partial charge in [-0.15, -0.1) is 11.8 Å². The third-order valence-electron chi connectivity index (χ3n) is 3.34. The number of para-hydroxylation sites is 2. The molecule has 2 amide bonds. The number of rotatable bonds is 7. The van der Waals surface area contributed by atoms with Gasteiger partial charge in [-0.3, -0.25) is 9.59 Å². The fraction of sp³-hybridized carbons (Fsp3) is 0.222. The molecule has 0 aliphatic heterocycles. The van der Waals surface area contributed by atoms with Gasteiger partial charge in [-0.2, -0.15) is 0 Å². The SMILES string of the molecule is COc1ccccc1NC(=O)CSC(C)C(=O)Nc1cc(Cl)cc(Cl)c1. The first-order chi connectivity index (χ1) is 12.4. The van der Waals surface area contributed by atoms with E-state index in [4.69, 9.17) is 27.9 Å². The van der Waals surface area contributed by atoms with Crippen molar-refractivity contribution < 1.29 is 14.3 Å². The number of carbonyl (C=O) groups excluding carboxylic acids is 2. The molecule has 0 radical (unpaired) electrons. The molecule has 2 N–H and O–H groups in total. The number of hydrogen-bond acceptors (Lipinski definition) is 4. The highest BCUT2D eigenvalue weighted by molar-refractivity contribution is 8.01. The van der Waals surface area contributed by atoms with Crippen molar-refractivity contribution in [3.63, 3.8) is 0 Å². The first kappa shape index (κ1) is 20.4. The number of carbonyl (C=O) groups is 2. The lowest BCUT2D eigenvalue weighted by Crippen LogP contribution is -2.25. The Morgan fingerprint density at radius 2 is 1.77 bits per heavy atom. The normalized spacial score (nSPS) is 11.5. The van der Waals surface area contributed by atoms with Crippen molar-refractivity contribution in [3.05, 3.63) is 52.5 Å². The Hall–Kier alpha value is -1.89. The topological polar surface area (TPSA) is 67.4 Å². The molecule has 0 heterocycles. The van der Waals surface area contributed by atoms with Gasteiger partial charge in [0.1, 0.15) is 5.75 Å². The molecule has 5 nitrogen and oxygen atoms in total. The molecule has 0 saturated heterocycles. The standard InChI is InChI=1S/C18H18Cl2N2O3S/c1-11(18(24)21-14-8-12(19)7-13(20)9-14)26-10-17(23)22-15-5-3-4-6-16(15)25-2/h3-9,11H,10H2,1-2H3,(H,21,24)(H,22,23). The second-order valence-electron chi connectivity index (χ2n) is 5.35. The summed E-state index contributed by atoms with van der Waals surface area (Å²) >= 11 is 13.0. The number of thioether (sulfide) groups is 1. The van der Waals surface area contributed by atoms with Crippen molar-refractivity contribution >= 4 is 58.2 Å². The molecule has 0 fully saturated rings. The molecule has 0 aliphatic rings. The molecule has 1 unspecified atom stereocenters. The minimum atomic E-state index is -0.434. The lowest BCUT2D eigenvalue weighted by atomic mass is 10.3. The van der Waals surface area contributed by atoms with Crippen LogP contribution in [-0.2, 0) is 9.59 Å². The highest BCUT2D eigenvalue weighted by Crippen LogP contribution is 2.25. The maximum Gasteiger partial charge on any atom is 0.237 e. The summed E-state index contributed by atoms with van der Waals surface area (Å²) in [5.41, 5.74) is 1.10. The molecular weight excluding hydrogens is 395 g/mol. The Kier molecular flexibility index (Phi) is 7.63. The second-order valence-corrected chi connectivity index (χ2v) is 7.55. The van der Waals surface area contributed by atoms with Gasteiger partial charge in [-0.05, 0) is 37.3 Å². The van der Waals surface area contributed by atoms with Gasteiger partial charge in [0.15, 0.2) is 0 Å². The van der Waals surface area contributed by atoms with Crippen LogP contribution < -0.4 is 15.4 Å². The van der Waals surface area contributed by atoms with Gasteiger partial charge < -0.3 is 15.4 Å². The van der Waals surface area contributed by atoms with Crippen LogP contribution in [0.5, 0.6) is 5.75 Å². The van der Waals surface area contributed by atoms with E-state index in [2.05, 4.69) is 10.6 Å². The molecule has 26 heavy (non-hydrogen) atoms. The van der Waals surface area contributed by atoms with Gasteiger partial charge in [0, 0.05) is 15.7 Å². The number of amides is 2. The van der Waals surface area contributed by atoms with Gasteiger partial charge >= 0.3 is 0 Å². The minimum absolute atomic E-state index is 0.128. The summed E-state index contributed by atoms with van der Waals surface area (Å²) in [5.74, 6) is 0.251. The Bertz CT molecular complexity index is 782. The number of benzene rings is 2. The molecule has 0 aliphatic carbocycles. The smallest absolute Gasteiger partial charge is 0.237 e. The lowest BCUT2D eigenvalue weighted by molar-refractivity contribution is -0.115. The van der Waals surface area contributed by atoms with Crippen molar-refractivity contribution in [1.82, 2.24) is 0 Å². The van der Waals surface area contributed by atoms with Gasteiger partial charge in [-0.25, -0.2) is 0 Å². The van der Waals surface area contributed by atoms with Gasteiger partial charge in [0.05, 0.1) is 23.8 Å². The monoisotopic (exact) mass is 412 g/mol. The average Bonchev–Trinajstić information content (AvgIpc) is 2.59. The van der Waals surface area contributed by atoms with E-state index in [-0.39, 0.29) is 17.6 Å². The minimum Gasteiger partial charge on any atom is -0.495 e. The number of hydrogen-bond donors (Lipinski definition) is 2. The lowest BCUT2D eigenvalue weighted by Gasteiger charge is -2.13. The number of anilines is 2. The van der Waals surface area contributed by atoms with E-state index < -0.39 is 5.25 Å². The molecule has 2 aromatic rings. The fourth-order valence-corrected chi connectivity index (χ4v) is 3.29. The largest absolute Gasteiger partial charge is 0.495 e. The first-order valence-electron chi connectivity index (χ1n) is 7.70. The van der Waals surface area contributed by atoms with E-state index in [1.54, 1.807) is 43.3 Å². The van der Waals surface area contributed by atoms with Crippen LogP contribution in [0.4, 0.5) is 11.4 Å². The predicted molar refractivity (Wildman–Crippen MR) is 109 cm³/mol. The zero-order valence-corrected chi connectivity index (χ0v) is 16.5. The third-order valence-corrected chi connectivity index (χ3v) is 4.92. The molecule has 0 saturated carbocycles. The van der Waals surface area contributed by atoms with Crippen LogP contribution in [0.25, 0.3) is 0 Å². The molecule has 8 heteroatoms. The molecule has 0 spiro atoms. The number of methoxy groups -OCH3 is 1. The third kappa shape index (κ3) is 6.12. The zero-order valence-electron chi connectivity index (χ0n) is 14.2. The number of halogens is 2. The van der Waals surface area contributed by atoms with Crippen molar-refractivity contribution in [2.24, 2.45) is 0 Å². The molecular formula is C18H18Cl2N2O3S. The molecule has 2 rings (SSSR count). The fourth-order valence-electron chi connectivity index (χ4n) is 2.08. The maximum absolute atomic E-state index is 12.2. The van der Waals surface area contributed by atoms with Crippen molar-refractivity contribution in [1.29, 1.82) is 0 Å². The Morgan fingerprint density at radius 3 is 2.42 bits per heavy atom. The van der Waals surface area contributed by atoms with Crippen LogP contribution in [0.2, 0.25) is 10.0 Å². The average molecular weight is 413 g/mol. The van der Waals surface area contributed by atoms with Crippen LogP contribution in [0.15, 0.2) is 42.5 Å². The van der Waals surface area contributed by atoms with Crippen molar-refractivity contribution in [2.45, 2.75) is 12.2 Å². The molecule has 0 aromatic heterocycles. The quantitative estimate of drug-likeness (QED) is 0.691. The summed E-state index contributed by atoms with van der Waals surface area (Å²) in [4.78, 5) is 24.3. The predicted octanol–water partition coefficient (Wildman–Crippen LogP) is 4.70. The molecule has 1 atom stereocenters. The summed E-state index contributed by atoms with van der Waals surface area (Å²) in [7, 11) is 1.54. The van der Waals surface area contributed by atoms with Crippen LogP contribution in [0, 0.1) is 0 Å². The second kappa shape index (κ2) is 9.71. The summed E-state index contributed by atoms with van der Waals surface area (Å²) in [6, 6.07) is 11.9. The Morgan fingerprint density at radius 1 is 1.12 bits per heavy atom. The van der Waals surface area contributed by atoms with Crippen LogP contribution >= 0.6 is 35.0 Å². The summed E-state index contributed by atoms with van der Waals surface area (Å²) in [5, 5.41) is 5.94. The van der Waals surface area contributed by atoms with Crippen molar-refractivity contribution in [3.8, 4) is 5.75 Å². The highest BCUT2D eigenvalue weighted by atomic mass is 35.5. The van der Waals surface area contributed by atoms with Gasteiger partial charge in [-0.1, -0.05) is 35.3 Å². The van der Waals surface area contributed by atoms with E-state index in [1.807, 2.05) is 6.07 Å². The van der Waals surface area contributed by atoms with Gasteiger partial charge in [0.25, 0.3) is 0 Å². The summed E-state index contributed by atoms with van der Waals surface area (Å²) < 4.78 is 5.19. The van der Waals surface area contributed by atoms with Crippen LogP contribution in [0.3, 0.4) is 0 Å². The summed E-state index contributed by atoms with van der Waals surface area (Å²) in [6.45, 7) is 1.72. The van der Waals surface area contributed by atoms with E-state index >= 15 is 0 Å². The maximum atomic E-state index is 12.2. The zero-order chi connectivity index (χ0) is 19.1. The highest BCUT2D eigenvalue weighted by Gasteiger charge is 2.16. The molecule has 138 valence electrons. The number of nitrogens with one attached hydrogen (secondary N) is 2. The first-order valence-corrected chi connectivity index (χ1v) is 9.51. The number of ether oxygens (including phenoxy) is 1. The van der Waals surface area contributed by atoms with E-state index in [1.165, 1.54) is 18.9 Å². The van der Waals surface area contributed by atoms with Crippen LogP contribution in [-0.4, -0.2) is 29.9 Å². The van der Waals surface area contributed by atoms with Gasteiger partial charge in [0.2, 0.25) is 11.8 Å². The van der Waals surface area contributed by atoms with Crippen molar-refractivity contribution in [2.75, 3.05) is 23.5 Å². The van der Waals surface area contributed by atoms with E-state index in [0.29, 0.717) is 27.2 Å². The summed E-state index contributed by atoms with van der Waals surface area (Å²) in [6.07, 6.45) is 0. The molecule has 0 bridgehead atoms. The van der Waals surface area contributed by atoms with E-state index in [9.17, 15) is 9.59 Å². The van der Waals surface area contributed by atoms with E-state index in [0.717, 1.165) is 0 Å². The van der Waals surface area contributed by atoms with Crippen LogP contribution in [0.1, 0.15) is 6.92 Å².